The Morgan fingerprint density at radius 2 is 2.22 bits per heavy atom. The normalized spacial score (nSPS) is 21.8. The van der Waals surface area contributed by atoms with Gasteiger partial charge in [0, 0.05) is 18.7 Å². The number of benzene rings is 1. The highest BCUT2D eigenvalue weighted by atomic mass is 19.1. The van der Waals surface area contributed by atoms with Crippen molar-refractivity contribution in [2.45, 2.75) is 51.2 Å². The summed E-state index contributed by atoms with van der Waals surface area (Å²) >= 11 is 0. The number of hydrogen-bond acceptors (Lipinski definition) is 4. The number of β-amino-alcohol motifs (C(OH)–C–C–N with tert-alkyl or cyclic N) is 1. The number of hydrogen-bond donors (Lipinski definition) is 3. The summed E-state index contributed by atoms with van der Waals surface area (Å²) in [7, 11) is 0. The first-order valence-corrected chi connectivity index (χ1v) is 7.88. The van der Waals surface area contributed by atoms with Gasteiger partial charge in [-0.05, 0) is 63.9 Å². The van der Waals surface area contributed by atoms with Gasteiger partial charge in [0.25, 0.3) is 0 Å². The average Bonchev–Trinajstić information content (AvgIpc) is 2.40. The molecule has 1 saturated heterocycles. The van der Waals surface area contributed by atoms with Crippen LogP contribution < -0.4 is 10.6 Å². The number of carbonyl (C=O) groups excluding carboxylic acids is 1. The minimum absolute atomic E-state index is 0.267. The first-order valence-electron chi connectivity index (χ1n) is 7.88. The molecule has 1 aromatic rings. The van der Waals surface area contributed by atoms with E-state index in [1.54, 1.807) is 20.8 Å². The fraction of sp³-hybridized carbons (Fsp3) is 0.588. The molecule has 2 rings (SSSR count). The van der Waals surface area contributed by atoms with Crippen LogP contribution in [0.3, 0.4) is 0 Å². The van der Waals surface area contributed by atoms with Crippen LogP contribution in [0.25, 0.3) is 0 Å². The fourth-order valence-electron chi connectivity index (χ4n) is 2.70. The van der Waals surface area contributed by atoms with Crippen LogP contribution in [0.2, 0.25) is 0 Å². The highest BCUT2D eigenvalue weighted by Gasteiger charge is 2.30. The molecular formula is C17H25FN2O3. The summed E-state index contributed by atoms with van der Waals surface area (Å²) in [5.74, 6) is -0.401. The second-order valence-corrected chi connectivity index (χ2v) is 7.11. The standard InChI is InChI=1S/C17H25FN2O3/c1-16(2,3)23-15(21)20-14-6-5-13(18)9-12(14)10-17(22)7-4-8-19-11-17/h5-6,9,19,22H,4,7-8,10-11H2,1-3H3,(H,20,21). The van der Waals surface area contributed by atoms with Crippen LogP contribution in [0, 0.1) is 5.82 Å². The Morgan fingerprint density at radius 1 is 1.48 bits per heavy atom. The van der Waals surface area contributed by atoms with Crippen molar-refractivity contribution in [3.8, 4) is 0 Å². The van der Waals surface area contributed by atoms with Gasteiger partial charge in [-0.3, -0.25) is 5.32 Å². The highest BCUT2D eigenvalue weighted by molar-refractivity contribution is 5.86. The lowest BCUT2D eigenvalue weighted by Gasteiger charge is -2.33. The molecular weight excluding hydrogens is 299 g/mol. The molecule has 1 aliphatic rings. The summed E-state index contributed by atoms with van der Waals surface area (Å²) in [5, 5.41) is 16.4. The van der Waals surface area contributed by atoms with Gasteiger partial charge in [-0.25, -0.2) is 9.18 Å². The summed E-state index contributed by atoms with van der Waals surface area (Å²) in [5.41, 5.74) is -0.534. The zero-order valence-corrected chi connectivity index (χ0v) is 13.9. The number of amides is 1. The number of rotatable bonds is 3. The van der Waals surface area contributed by atoms with E-state index < -0.39 is 23.1 Å². The summed E-state index contributed by atoms with van der Waals surface area (Å²) < 4.78 is 18.8. The third kappa shape index (κ3) is 5.48. The van der Waals surface area contributed by atoms with Crippen molar-refractivity contribution < 1.29 is 19.0 Å². The SMILES string of the molecule is CC(C)(C)OC(=O)Nc1ccc(F)cc1CC1(O)CCCNC1. The molecule has 1 heterocycles. The third-order valence-electron chi connectivity index (χ3n) is 3.67. The molecule has 0 radical (unpaired) electrons. The van der Waals surface area contributed by atoms with Crippen molar-refractivity contribution in [2.75, 3.05) is 18.4 Å². The molecule has 1 aromatic carbocycles. The first kappa shape index (κ1) is 17.7. The van der Waals surface area contributed by atoms with Crippen LogP contribution in [0.5, 0.6) is 0 Å². The van der Waals surface area contributed by atoms with Crippen LogP contribution >= 0.6 is 0 Å². The van der Waals surface area contributed by atoms with Gasteiger partial charge in [0.05, 0.1) is 5.60 Å². The maximum Gasteiger partial charge on any atom is 0.412 e. The smallest absolute Gasteiger partial charge is 0.412 e. The van der Waals surface area contributed by atoms with E-state index >= 15 is 0 Å². The summed E-state index contributed by atoms with van der Waals surface area (Å²) in [6, 6.07) is 4.12. The van der Waals surface area contributed by atoms with Crippen molar-refractivity contribution in [3.63, 3.8) is 0 Å². The zero-order valence-electron chi connectivity index (χ0n) is 13.9. The molecule has 1 unspecified atom stereocenters. The van der Waals surface area contributed by atoms with E-state index in [2.05, 4.69) is 10.6 Å². The van der Waals surface area contributed by atoms with Gasteiger partial charge >= 0.3 is 6.09 Å². The van der Waals surface area contributed by atoms with E-state index in [0.29, 0.717) is 24.2 Å². The number of anilines is 1. The van der Waals surface area contributed by atoms with Crippen LogP contribution in [-0.2, 0) is 11.2 Å². The minimum Gasteiger partial charge on any atom is -0.444 e. The van der Waals surface area contributed by atoms with Gasteiger partial charge in [-0.1, -0.05) is 0 Å². The fourth-order valence-corrected chi connectivity index (χ4v) is 2.70. The summed E-state index contributed by atoms with van der Waals surface area (Å²) in [6.07, 6.45) is 1.17. The molecule has 6 heteroatoms. The lowest BCUT2D eigenvalue weighted by molar-refractivity contribution is 0.0169. The quantitative estimate of drug-likeness (QED) is 0.799. The molecule has 1 atom stereocenters. The maximum absolute atomic E-state index is 13.6. The Hall–Kier alpha value is -1.66. The van der Waals surface area contributed by atoms with E-state index in [1.165, 1.54) is 18.2 Å². The average molecular weight is 324 g/mol. The molecule has 0 bridgehead atoms. The Morgan fingerprint density at radius 3 is 2.83 bits per heavy atom. The van der Waals surface area contributed by atoms with Crippen LogP contribution in [0.1, 0.15) is 39.2 Å². The van der Waals surface area contributed by atoms with E-state index in [1.807, 2.05) is 0 Å². The Bertz CT molecular complexity index is 563. The van der Waals surface area contributed by atoms with Gasteiger partial charge < -0.3 is 15.2 Å². The van der Waals surface area contributed by atoms with E-state index in [9.17, 15) is 14.3 Å². The number of piperidine rings is 1. The number of aliphatic hydroxyl groups is 1. The lowest BCUT2D eigenvalue weighted by atomic mass is 9.87. The number of ether oxygens (including phenoxy) is 1. The molecule has 128 valence electrons. The summed E-state index contributed by atoms with van der Waals surface area (Å²) in [6.45, 7) is 6.64. The van der Waals surface area contributed by atoms with Crippen LogP contribution in [0.15, 0.2) is 18.2 Å². The van der Waals surface area contributed by atoms with E-state index in [-0.39, 0.29) is 6.42 Å². The molecule has 1 amide bonds. The minimum atomic E-state index is -0.934. The third-order valence-corrected chi connectivity index (χ3v) is 3.67. The molecule has 0 spiro atoms. The van der Waals surface area contributed by atoms with Crippen molar-refractivity contribution >= 4 is 11.8 Å². The van der Waals surface area contributed by atoms with Gasteiger partial charge in [-0.15, -0.1) is 0 Å². The van der Waals surface area contributed by atoms with Crippen molar-refractivity contribution in [1.82, 2.24) is 5.32 Å². The first-order chi connectivity index (χ1) is 10.7. The van der Waals surface area contributed by atoms with Gasteiger partial charge in [0.2, 0.25) is 0 Å². The Kier molecular flexibility index (Phi) is 5.26. The molecule has 5 nitrogen and oxygen atoms in total. The zero-order chi connectivity index (χ0) is 17.1. The lowest BCUT2D eigenvalue weighted by Crippen LogP contribution is -2.47. The molecule has 0 saturated carbocycles. The Labute approximate surface area is 136 Å². The van der Waals surface area contributed by atoms with Crippen molar-refractivity contribution in [1.29, 1.82) is 0 Å². The van der Waals surface area contributed by atoms with Crippen molar-refractivity contribution in [2.24, 2.45) is 0 Å². The van der Waals surface area contributed by atoms with Crippen molar-refractivity contribution in [3.05, 3.63) is 29.6 Å². The number of carbonyl (C=O) groups is 1. The van der Waals surface area contributed by atoms with E-state index in [4.69, 9.17) is 4.74 Å². The predicted molar refractivity (Wildman–Crippen MR) is 87.0 cm³/mol. The second-order valence-electron chi connectivity index (χ2n) is 7.11. The molecule has 1 fully saturated rings. The van der Waals surface area contributed by atoms with Crippen LogP contribution in [0.4, 0.5) is 14.9 Å². The second kappa shape index (κ2) is 6.84. The van der Waals surface area contributed by atoms with Crippen LogP contribution in [-0.4, -0.2) is 35.5 Å². The van der Waals surface area contributed by atoms with Gasteiger partial charge in [-0.2, -0.15) is 0 Å². The number of halogens is 1. The number of nitrogens with one attached hydrogen (secondary N) is 2. The Balaban J connectivity index is 2.15. The molecule has 3 N–H and O–H groups in total. The maximum atomic E-state index is 13.6. The summed E-state index contributed by atoms with van der Waals surface area (Å²) in [4.78, 5) is 11.9. The molecule has 0 aliphatic carbocycles. The van der Waals surface area contributed by atoms with E-state index in [0.717, 1.165) is 13.0 Å². The van der Waals surface area contributed by atoms with Gasteiger partial charge in [0.1, 0.15) is 11.4 Å². The molecule has 23 heavy (non-hydrogen) atoms. The highest BCUT2D eigenvalue weighted by Crippen LogP contribution is 2.27. The van der Waals surface area contributed by atoms with Gasteiger partial charge in [0.15, 0.2) is 0 Å². The molecule has 1 aliphatic heterocycles. The topological polar surface area (TPSA) is 70.6 Å². The monoisotopic (exact) mass is 324 g/mol. The predicted octanol–water partition coefficient (Wildman–Crippen LogP) is 2.83. The largest absolute Gasteiger partial charge is 0.444 e. The molecule has 0 aromatic heterocycles.